The van der Waals surface area contributed by atoms with Crippen LogP contribution in [0.4, 0.5) is 5.69 Å². The molecule has 3 rings (SSSR count). The minimum atomic E-state index is -3.42. The third-order valence-electron chi connectivity index (χ3n) is 4.08. The van der Waals surface area contributed by atoms with Crippen molar-refractivity contribution in [2.45, 2.75) is 5.75 Å². The fourth-order valence-corrected chi connectivity index (χ4v) is 3.75. The zero-order valence-electron chi connectivity index (χ0n) is 16.2. The van der Waals surface area contributed by atoms with Gasteiger partial charge in [0, 0.05) is 30.1 Å². The van der Waals surface area contributed by atoms with E-state index in [1.54, 1.807) is 41.2 Å². The smallest absolute Gasteiger partial charge is 0.248 e. The van der Waals surface area contributed by atoms with Gasteiger partial charge in [-0.15, -0.1) is 6.58 Å². The van der Waals surface area contributed by atoms with Crippen molar-refractivity contribution in [3.05, 3.63) is 96.8 Å². The van der Waals surface area contributed by atoms with Crippen LogP contribution in [0.25, 0.3) is 11.8 Å². The number of para-hydroxylation sites is 1. The highest BCUT2D eigenvalue weighted by molar-refractivity contribution is 7.88. The zero-order chi connectivity index (χ0) is 21.4. The number of rotatable bonds is 9. The fourth-order valence-electron chi connectivity index (χ4n) is 2.64. The van der Waals surface area contributed by atoms with Crippen LogP contribution in [0.15, 0.2) is 85.7 Å². The number of hydrogen-bond donors (Lipinski definition) is 2. The van der Waals surface area contributed by atoms with Gasteiger partial charge in [0.05, 0.1) is 17.6 Å². The summed E-state index contributed by atoms with van der Waals surface area (Å²) in [5.74, 6) is -0.434. The van der Waals surface area contributed by atoms with Crippen molar-refractivity contribution < 1.29 is 13.2 Å². The van der Waals surface area contributed by atoms with Gasteiger partial charge in [-0.2, -0.15) is 5.10 Å². The quantitative estimate of drug-likeness (QED) is 0.409. The Morgan fingerprint density at radius 1 is 1.10 bits per heavy atom. The van der Waals surface area contributed by atoms with Crippen molar-refractivity contribution in [3.8, 4) is 5.69 Å². The van der Waals surface area contributed by atoms with E-state index in [-0.39, 0.29) is 18.2 Å². The summed E-state index contributed by atoms with van der Waals surface area (Å²) in [6, 6.07) is 16.3. The summed E-state index contributed by atoms with van der Waals surface area (Å²) in [5.41, 5.74) is 2.92. The monoisotopic (exact) mass is 422 g/mol. The van der Waals surface area contributed by atoms with Gasteiger partial charge in [-0.3, -0.25) is 4.79 Å². The van der Waals surface area contributed by atoms with Crippen molar-refractivity contribution in [1.82, 2.24) is 14.5 Å². The van der Waals surface area contributed by atoms with Gasteiger partial charge in [0.25, 0.3) is 0 Å². The van der Waals surface area contributed by atoms with E-state index in [4.69, 9.17) is 0 Å². The Kier molecular flexibility index (Phi) is 6.95. The summed E-state index contributed by atoms with van der Waals surface area (Å²) < 4.78 is 27.9. The number of hydrogen-bond acceptors (Lipinski definition) is 4. The zero-order valence-corrected chi connectivity index (χ0v) is 17.0. The second kappa shape index (κ2) is 9.82. The van der Waals surface area contributed by atoms with Crippen LogP contribution >= 0.6 is 0 Å². The number of carbonyl (C=O) groups excluding carboxylic acids is 1. The number of nitrogens with one attached hydrogen (secondary N) is 2. The van der Waals surface area contributed by atoms with E-state index in [1.807, 2.05) is 36.5 Å². The maximum atomic E-state index is 12.2. The number of amides is 1. The molecule has 30 heavy (non-hydrogen) atoms. The molecule has 0 aliphatic heterocycles. The molecule has 154 valence electrons. The van der Waals surface area contributed by atoms with Crippen molar-refractivity contribution in [1.29, 1.82) is 0 Å². The number of aromatic nitrogens is 2. The summed E-state index contributed by atoms with van der Waals surface area (Å²) in [5, 5.41) is 7.02. The average Bonchev–Trinajstić information content (AvgIpc) is 3.22. The summed E-state index contributed by atoms with van der Waals surface area (Å²) in [6.07, 6.45) is 8.08. The molecular weight excluding hydrogens is 400 g/mol. The minimum Gasteiger partial charge on any atom is -0.323 e. The molecule has 0 aliphatic rings. The lowest BCUT2D eigenvalue weighted by Gasteiger charge is -2.06. The first-order valence-corrected chi connectivity index (χ1v) is 10.9. The SMILES string of the molecule is C=CCNS(=O)(=O)Cc1ccc(NC(=O)/C=C/c2cnn(-c3ccccc3)c2)cc1. The van der Waals surface area contributed by atoms with Crippen molar-refractivity contribution >= 4 is 27.7 Å². The minimum absolute atomic E-state index is 0.139. The van der Waals surface area contributed by atoms with Crippen LogP contribution < -0.4 is 10.0 Å². The van der Waals surface area contributed by atoms with E-state index in [2.05, 4.69) is 21.7 Å². The first-order valence-electron chi connectivity index (χ1n) is 9.21. The largest absolute Gasteiger partial charge is 0.323 e. The number of sulfonamides is 1. The molecule has 7 nitrogen and oxygen atoms in total. The molecule has 2 aromatic carbocycles. The van der Waals surface area contributed by atoms with E-state index in [9.17, 15) is 13.2 Å². The number of anilines is 1. The van der Waals surface area contributed by atoms with Crippen molar-refractivity contribution in [2.24, 2.45) is 0 Å². The van der Waals surface area contributed by atoms with Gasteiger partial charge in [0.1, 0.15) is 0 Å². The first-order chi connectivity index (χ1) is 14.4. The molecule has 1 aromatic heterocycles. The van der Waals surface area contributed by atoms with Crippen LogP contribution in [-0.2, 0) is 20.6 Å². The fraction of sp³-hybridized carbons (Fsp3) is 0.0909. The highest BCUT2D eigenvalue weighted by atomic mass is 32.2. The van der Waals surface area contributed by atoms with Gasteiger partial charge < -0.3 is 5.32 Å². The van der Waals surface area contributed by atoms with Gasteiger partial charge in [0.2, 0.25) is 15.9 Å². The molecule has 0 aliphatic carbocycles. The molecule has 0 atom stereocenters. The van der Waals surface area contributed by atoms with E-state index in [0.29, 0.717) is 11.3 Å². The second-order valence-corrected chi connectivity index (χ2v) is 8.28. The molecule has 1 heterocycles. The molecule has 3 aromatic rings. The first kappa shape index (κ1) is 21.2. The van der Waals surface area contributed by atoms with Crippen molar-refractivity contribution in [3.63, 3.8) is 0 Å². The molecular formula is C22H22N4O3S. The molecule has 1 amide bonds. The van der Waals surface area contributed by atoms with Gasteiger partial charge in [-0.1, -0.05) is 36.4 Å². The number of carbonyl (C=O) groups is 1. The second-order valence-electron chi connectivity index (χ2n) is 6.47. The Labute approximate surface area is 175 Å². The van der Waals surface area contributed by atoms with Crippen molar-refractivity contribution in [2.75, 3.05) is 11.9 Å². The molecule has 2 N–H and O–H groups in total. The molecule has 8 heteroatoms. The average molecular weight is 423 g/mol. The molecule has 0 bridgehead atoms. The molecule has 0 unspecified atom stereocenters. The van der Waals surface area contributed by atoms with Crippen LogP contribution in [-0.4, -0.2) is 30.7 Å². The number of nitrogens with zero attached hydrogens (tertiary/aromatic N) is 2. The van der Waals surface area contributed by atoms with E-state index in [0.717, 1.165) is 11.3 Å². The normalized spacial score (nSPS) is 11.5. The molecule has 0 radical (unpaired) electrons. The van der Waals surface area contributed by atoms with E-state index in [1.165, 1.54) is 12.2 Å². The highest BCUT2D eigenvalue weighted by Gasteiger charge is 2.10. The van der Waals surface area contributed by atoms with Gasteiger partial charge in [-0.05, 0) is 35.9 Å². The Morgan fingerprint density at radius 3 is 2.53 bits per heavy atom. The van der Waals surface area contributed by atoms with Crippen LogP contribution in [0.2, 0.25) is 0 Å². The predicted molar refractivity (Wildman–Crippen MR) is 118 cm³/mol. The molecule has 0 fully saturated rings. The van der Waals surface area contributed by atoms with Gasteiger partial charge >= 0.3 is 0 Å². The highest BCUT2D eigenvalue weighted by Crippen LogP contribution is 2.13. The molecule has 0 saturated heterocycles. The van der Waals surface area contributed by atoms with E-state index >= 15 is 0 Å². The molecule has 0 spiro atoms. The van der Waals surface area contributed by atoms with Crippen LogP contribution in [0.1, 0.15) is 11.1 Å². The topological polar surface area (TPSA) is 93.1 Å². The maximum absolute atomic E-state index is 12.2. The summed E-state index contributed by atoms with van der Waals surface area (Å²) in [7, 11) is -3.42. The maximum Gasteiger partial charge on any atom is 0.248 e. The molecule has 0 saturated carbocycles. The lowest BCUT2D eigenvalue weighted by molar-refractivity contribution is -0.111. The third-order valence-corrected chi connectivity index (χ3v) is 5.40. The predicted octanol–water partition coefficient (Wildman–Crippen LogP) is 3.13. The van der Waals surface area contributed by atoms with Crippen LogP contribution in [0.5, 0.6) is 0 Å². The summed E-state index contributed by atoms with van der Waals surface area (Å²) in [6.45, 7) is 3.67. The third kappa shape index (κ3) is 6.26. The van der Waals surface area contributed by atoms with Crippen LogP contribution in [0, 0.1) is 0 Å². The Bertz CT molecular complexity index is 1130. The number of benzene rings is 2. The summed E-state index contributed by atoms with van der Waals surface area (Å²) >= 11 is 0. The lowest BCUT2D eigenvalue weighted by atomic mass is 10.2. The standard InChI is InChI=1S/C22H22N4O3S/c1-2-14-24-30(28,29)17-18-8-11-20(12-9-18)25-22(27)13-10-19-15-23-26(16-19)21-6-4-3-5-7-21/h2-13,15-16,24H,1,14,17H2,(H,25,27)/b13-10+. The lowest BCUT2D eigenvalue weighted by Crippen LogP contribution is -2.25. The Morgan fingerprint density at radius 2 is 1.83 bits per heavy atom. The summed E-state index contributed by atoms with van der Waals surface area (Å²) in [4.78, 5) is 12.2. The van der Waals surface area contributed by atoms with Gasteiger partial charge in [0.15, 0.2) is 0 Å². The Hall–Kier alpha value is -3.49. The van der Waals surface area contributed by atoms with Crippen LogP contribution in [0.3, 0.4) is 0 Å². The van der Waals surface area contributed by atoms with E-state index < -0.39 is 10.0 Å². The Balaban J connectivity index is 1.56. The van der Waals surface area contributed by atoms with Gasteiger partial charge in [-0.25, -0.2) is 17.8 Å².